The Morgan fingerprint density at radius 1 is 1.36 bits per heavy atom. The van der Waals surface area contributed by atoms with Gasteiger partial charge in [0.15, 0.2) is 0 Å². The van der Waals surface area contributed by atoms with E-state index in [0.29, 0.717) is 19.1 Å². The van der Waals surface area contributed by atoms with Gasteiger partial charge in [-0.3, -0.25) is 9.59 Å². The SMILES string of the molecule is CC(C)CC(C)(C)COCC1(NC(=O)[C@@H](N)CC(=O)O)CC1. The number of aliphatic carboxylic acids is 1. The van der Waals surface area contributed by atoms with Crippen molar-refractivity contribution in [2.24, 2.45) is 17.1 Å². The fourth-order valence-corrected chi connectivity index (χ4v) is 2.78. The van der Waals surface area contributed by atoms with Crippen molar-refractivity contribution in [3.8, 4) is 0 Å². The molecule has 0 aromatic heterocycles. The second-order valence-electron chi connectivity index (χ2n) is 7.73. The lowest BCUT2D eigenvalue weighted by Gasteiger charge is -2.28. The summed E-state index contributed by atoms with van der Waals surface area (Å²) in [4.78, 5) is 22.5. The first-order chi connectivity index (χ1) is 10.1. The number of carboxylic acid groups (broad SMARTS) is 1. The monoisotopic (exact) mass is 314 g/mol. The van der Waals surface area contributed by atoms with Crippen molar-refractivity contribution in [2.45, 2.75) is 65.0 Å². The van der Waals surface area contributed by atoms with Crippen LogP contribution in [0.25, 0.3) is 0 Å². The second kappa shape index (κ2) is 7.42. The predicted octanol–water partition coefficient (Wildman–Crippen LogP) is 1.53. The van der Waals surface area contributed by atoms with Gasteiger partial charge in [0, 0.05) is 0 Å². The molecule has 0 saturated heterocycles. The van der Waals surface area contributed by atoms with Crippen molar-refractivity contribution in [3.63, 3.8) is 0 Å². The third-order valence-corrected chi connectivity index (χ3v) is 3.81. The lowest BCUT2D eigenvalue weighted by atomic mass is 9.85. The molecule has 1 atom stereocenters. The van der Waals surface area contributed by atoms with Gasteiger partial charge in [0.1, 0.15) is 0 Å². The Kier molecular flexibility index (Phi) is 6.38. The first-order valence-corrected chi connectivity index (χ1v) is 7.92. The van der Waals surface area contributed by atoms with Crippen molar-refractivity contribution in [1.82, 2.24) is 5.32 Å². The highest BCUT2D eigenvalue weighted by molar-refractivity contribution is 5.86. The molecule has 6 heteroatoms. The molecular formula is C16H30N2O4. The lowest BCUT2D eigenvalue weighted by Crippen LogP contribution is -2.49. The highest BCUT2D eigenvalue weighted by atomic mass is 16.5. The van der Waals surface area contributed by atoms with E-state index in [1.807, 2.05) is 0 Å². The Morgan fingerprint density at radius 2 is 1.95 bits per heavy atom. The topological polar surface area (TPSA) is 102 Å². The largest absolute Gasteiger partial charge is 0.481 e. The van der Waals surface area contributed by atoms with Crippen LogP contribution in [0.2, 0.25) is 0 Å². The summed E-state index contributed by atoms with van der Waals surface area (Å²) in [6.07, 6.45) is 2.42. The van der Waals surface area contributed by atoms with Crippen LogP contribution in [0, 0.1) is 11.3 Å². The molecule has 0 unspecified atom stereocenters. The first kappa shape index (κ1) is 18.9. The Hall–Kier alpha value is -1.14. The van der Waals surface area contributed by atoms with E-state index >= 15 is 0 Å². The van der Waals surface area contributed by atoms with Crippen LogP contribution in [-0.4, -0.2) is 41.8 Å². The molecule has 1 aliphatic rings. The minimum atomic E-state index is -1.07. The predicted molar refractivity (Wildman–Crippen MR) is 84.4 cm³/mol. The molecule has 0 spiro atoms. The quantitative estimate of drug-likeness (QED) is 0.567. The summed E-state index contributed by atoms with van der Waals surface area (Å²) in [5, 5.41) is 11.5. The number of carboxylic acids is 1. The summed E-state index contributed by atoms with van der Waals surface area (Å²) in [6, 6.07) is -1.01. The Labute approximate surface area is 132 Å². The highest BCUT2D eigenvalue weighted by Gasteiger charge is 2.45. The summed E-state index contributed by atoms with van der Waals surface area (Å²) in [6.45, 7) is 9.83. The van der Waals surface area contributed by atoms with E-state index in [-0.39, 0.29) is 17.4 Å². The van der Waals surface area contributed by atoms with Crippen molar-refractivity contribution in [1.29, 1.82) is 0 Å². The van der Waals surface area contributed by atoms with Crippen LogP contribution in [0.1, 0.15) is 53.4 Å². The second-order valence-corrected chi connectivity index (χ2v) is 7.73. The molecule has 1 fully saturated rings. The molecule has 4 N–H and O–H groups in total. The summed E-state index contributed by atoms with van der Waals surface area (Å²) in [5.41, 5.74) is 5.33. The van der Waals surface area contributed by atoms with Crippen LogP contribution < -0.4 is 11.1 Å². The van der Waals surface area contributed by atoms with Gasteiger partial charge in [-0.05, 0) is 30.6 Å². The molecule has 0 bridgehead atoms. The van der Waals surface area contributed by atoms with E-state index < -0.39 is 17.9 Å². The van der Waals surface area contributed by atoms with Crippen molar-refractivity contribution in [3.05, 3.63) is 0 Å². The van der Waals surface area contributed by atoms with Crippen molar-refractivity contribution in [2.75, 3.05) is 13.2 Å². The molecule has 0 aromatic rings. The molecule has 128 valence electrons. The third kappa shape index (κ3) is 6.75. The number of ether oxygens (including phenoxy) is 1. The van der Waals surface area contributed by atoms with E-state index in [0.717, 1.165) is 19.3 Å². The fraction of sp³-hybridized carbons (Fsp3) is 0.875. The summed E-state index contributed by atoms with van der Waals surface area (Å²) < 4.78 is 5.82. The van der Waals surface area contributed by atoms with Gasteiger partial charge in [0.25, 0.3) is 0 Å². The van der Waals surface area contributed by atoms with Gasteiger partial charge >= 0.3 is 5.97 Å². The molecular weight excluding hydrogens is 284 g/mol. The Morgan fingerprint density at radius 3 is 2.41 bits per heavy atom. The number of carbonyl (C=O) groups excluding carboxylic acids is 1. The zero-order chi connectivity index (χ0) is 17.0. The fourth-order valence-electron chi connectivity index (χ4n) is 2.78. The maximum absolute atomic E-state index is 11.9. The Balaban J connectivity index is 2.36. The molecule has 0 aromatic carbocycles. The number of carbonyl (C=O) groups is 2. The van der Waals surface area contributed by atoms with Gasteiger partial charge in [-0.15, -0.1) is 0 Å². The van der Waals surface area contributed by atoms with Crippen LogP contribution in [0.3, 0.4) is 0 Å². The molecule has 22 heavy (non-hydrogen) atoms. The van der Waals surface area contributed by atoms with E-state index in [4.69, 9.17) is 15.6 Å². The number of nitrogens with one attached hydrogen (secondary N) is 1. The number of nitrogens with two attached hydrogens (primary N) is 1. The van der Waals surface area contributed by atoms with Gasteiger partial charge < -0.3 is 20.9 Å². The summed E-state index contributed by atoms with van der Waals surface area (Å²) >= 11 is 0. The van der Waals surface area contributed by atoms with Crippen LogP contribution in [0.5, 0.6) is 0 Å². The third-order valence-electron chi connectivity index (χ3n) is 3.81. The highest BCUT2D eigenvalue weighted by Crippen LogP contribution is 2.36. The maximum Gasteiger partial charge on any atom is 0.305 e. The van der Waals surface area contributed by atoms with Gasteiger partial charge in [-0.2, -0.15) is 0 Å². The van der Waals surface area contributed by atoms with Crippen LogP contribution in [0.4, 0.5) is 0 Å². The molecule has 6 nitrogen and oxygen atoms in total. The molecule has 1 rings (SSSR count). The zero-order valence-corrected chi connectivity index (χ0v) is 14.1. The van der Waals surface area contributed by atoms with E-state index in [1.165, 1.54) is 0 Å². The summed E-state index contributed by atoms with van der Waals surface area (Å²) in [7, 11) is 0. The van der Waals surface area contributed by atoms with Crippen LogP contribution >= 0.6 is 0 Å². The molecule has 1 aliphatic carbocycles. The van der Waals surface area contributed by atoms with Crippen molar-refractivity contribution < 1.29 is 19.4 Å². The Bertz CT molecular complexity index is 403. The number of hydrogen-bond acceptors (Lipinski definition) is 4. The van der Waals surface area contributed by atoms with Gasteiger partial charge in [-0.1, -0.05) is 27.7 Å². The van der Waals surface area contributed by atoms with E-state index in [9.17, 15) is 9.59 Å². The smallest absolute Gasteiger partial charge is 0.305 e. The number of rotatable bonds is 10. The molecule has 1 saturated carbocycles. The van der Waals surface area contributed by atoms with E-state index in [1.54, 1.807) is 0 Å². The van der Waals surface area contributed by atoms with Crippen LogP contribution in [-0.2, 0) is 14.3 Å². The number of hydrogen-bond donors (Lipinski definition) is 3. The lowest BCUT2D eigenvalue weighted by molar-refractivity contribution is -0.139. The maximum atomic E-state index is 11.9. The minimum absolute atomic E-state index is 0.105. The minimum Gasteiger partial charge on any atom is -0.481 e. The molecule has 0 radical (unpaired) electrons. The number of amides is 1. The summed E-state index contributed by atoms with van der Waals surface area (Å²) in [5.74, 6) is -0.869. The van der Waals surface area contributed by atoms with Gasteiger partial charge in [0.05, 0.1) is 31.2 Å². The van der Waals surface area contributed by atoms with Crippen molar-refractivity contribution >= 4 is 11.9 Å². The zero-order valence-electron chi connectivity index (χ0n) is 14.1. The van der Waals surface area contributed by atoms with E-state index in [2.05, 4.69) is 33.0 Å². The molecule has 0 heterocycles. The van der Waals surface area contributed by atoms with Gasteiger partial charge in [-0.25, -0.2) is 0 Å². The average Bonchev–Trinajstić information content (AvgIpc) is 3.05. The first-order valence-electron chi connectivity index (χ1n) is 7.92. The molecule has 0 aliphatic heterocycles. The standard InChI is InChI=1S/C16H30N2O4/c1-11(2)8-15(3,4)9-22-10-16(5-6-16)18-14(21)12(17)7-13(19)20/h11-12H,5-10,17H2,1-4H3,(H,18,21)(H,19,20)/t12-/m0/s1. The average molecular weight is 314 g/mol. The normalized spacial score (nSPS) is 18.1. The van der Waals surface area contributed by atoms with Gasteiger partial charge in [0.2, 0.25) is 5.91 Å². The molecule has 1 amide bonds. The van der Waals surface area contributed by atoms with Crippen LogP contribution in [0.15, 0.2) is 0 Å².